The minimum absolute atomic E-state index is 0.0458. The Bertz CT molecular complexity index is 999. The number of hydrogen-bond acceptors (Lipinski definition) is 5. The fourth-order valence-corrected chi connectivity index (χ4v) is 3.57. The molecule has 148 valence electrons. The monoisotopic (exact) mass is 390 g/mol. The van der Waals surface area contributed by atoms with Crippen LogP contribution in [0.4, 0.5) is 0 Å². The molecule has 2 aromatic carbocycles. The summed E-state index contributed by atoms with van der Waals surface area (Å²) in [5, 5.41) is 7.07. The van der Waals surface area contributed by atoms with Crippen molar-refractivity contribution in [2.24, 2.45) is 0 Å². The number of fused-ring (bicyclic) bond motifs is 1. The van der Waals surface area contributed by atoms with Crippen LogP contribution in [0, 0.1) is 0 Å². The van der Waals surface area contributed by atoms with Crippen LogP contribution in [0.15, 0.2) is 61.2 Å². The van der Waals surface area contributed by atoms with Crippen LogP contribution in [0.2, 0.25) is 0 Å². The number of carbonyl (C=O) groups excluding carboxylic acids is 2. The van der Waals surface area contributed by atoms with Crippen molar-refractivity contribution in [3.63, 3.8) is 0 Å². The van der Waals surface area contributed by atoms with Gasteiger partial charge in [0.1, 0.15) is 12.7 Å². The summed E-state index contributed by atoms with van der Waals surface area (Å²) >= 11 is 0. The van der Waals surface area contributed by atoms with Gasteiger partial charge in [0.25, 0.3) is 5.91 Å². The van der Waals surface area contributed by atoms with E-state index in [0.717, 1.165) is 30.5 Å². The fraction of sp³-hybridized carbons (Fsp3) is 0.273. The van der Waals surface area contributed by atoms with E-state index in [1.165, 1.54) is 11.9 Å². The fourth-order valence-electron chi connectivity index (χ4n) is 3.57. The molecular weight excluding hydrogens is 368 g/mol. The Hall–Kier alpha value is -3.48. The van der Waals surface area contributed by atoms with E-state index in [2.05, 4.69) is 21.5 Å². The van der Waals surface area contributed by atoms with E-state index < -0.39 is 12.1 Å². The molecule has 1 aliphatic carbocycles. The Labute approximate surface area is 168 Å². The minimum atomic E-state index is -0.883. The van der Waals surface area contributed by atoms with Crippen LogP contribution in [0.25, 0.3) is 5.69 Å². The van der Waals surface area contributed by atoms with Crippen LogP contribution in [-0.2, 0) is 16.0 Å². The molecule has 4 rings (SSSR count). The summed E-state index contributed by atoms with van der Waals surface area (Å²) in [7, 11) is 0. The van der Waals surface area contributed by atoms with Gasteiger partial charge in [-0.25, -0.2) is 14.5 Å². The lowest BCUT2D eigenvalue weighted by Gasteiger charge is -2.27. The number of aromatic nitrogens is 3. The molecule has 0 saturated heterocycles. The number of ether oxygens (including phenoxy) is 1. The van der Waals surface area contributed by atoms with E-state index >= 15 is 0 Å². The molecular formula is C22H22N4O3. The molecule has 0 saturated carbocycles. The molecule has 0 unspecified atom stereocenters. The van der Waals surface area contributed by atoms with Gasteiger partial charge in [0.15, 0.2) is 6.10 Å². The highest BCUT2D eigenvalue weighted by Crippen LogP contribution is 2.29. The molecule has 1 amide bonds. The Balaban J connectivity index is 1.37. The molecule has 2 atom stereocenters. The summed E-state index contributed by atoms with van der Waals surface area (Å²) in [6.45, 7) is 1.59. The SMILES string of the molecule is C[C@H](OC(=O)c1ccc(-n2cncn2)cc1)C(=O)N[C@@H]1CCCc2ccccc21. The number of esters is 1. The lowest BCUT2D eigenvalue weighted by molar-refractivity contribution is -0.130. The first kappa shape index (κ1) is 18.9. The third kappa shape index (κ3) is 4.18. The van der Waals surface area contributed by atoms with Crippen LogP contribution in [0.1, 0.15) is 47.3 Å². The number of rotatable bonds is 5. The molecule has 3 aromatic rings. The zero-order valence-corrected chi connectivity index (χ0v) is 16.1. The van der Waals surface area contributed by atoms with Gasteiger partial charge in [-0.15, -0.1) is 0 Å². The van der Waals surface area contributed by atoms with Gasteiger partial charge in [-0.2, -0.15) is 5.10 Å². The van der Waals surface area contributed by atoms with Crippen molar-refractivity contribution in [1.82, 2.24) is 20.1 Å². The van der Waals surface area contributed by atoms with Crippen LogP contribution < -0.4 is 5.32 Å². The number of aryl methyl sites for hydroxylation is 1. The Morgan fingerprint density at radius 3 is 2.72 bits per heavy atom. The average molecular weight is 390 g/mol. The molecule has 29 heavy (non-hydrogen) atoms. The van der Waals surface area contributed by atoms with Crippen molar-refractivity contribution < 1.29 is 14.3 Å². The maximum atomic E-state index is 12.6. The van der Waals surface area contributed by atoms with Crippen LogP contribution >= 0.6 is 0 Å². The van der Waals surface area contributed by atoms with Gasteiger partial charge in [0, 0.05) is 0 Å². The molecule has 0 spiro atoms. The zero-order valence-electron chi connectivity index (χ0n) is 16.1. The standard InChI is InChI=1S/C22H22N4O3/c1-15(21(27)25-20-8-4-6-16-5-2-3-7-19(16)20)29-22(28)17-9-11-18(12-10-17)26-14-23-13-24-26/h2-3,5,7,9-15,20H,4,6,8H2,1H3,(H,25,27)/t15-,20+/m0/s1. The number of nitrogens with zero attached hydrogens (tertiary/aromatic N) is 3. The van der Waals surface area contributed by atoms with Gasteiger partial charge in [0.05, 0.1) is 17.3 Å². The Morgan fingerprint density at radius 1 is 1.17 bits per heavy atom. The number of hydrogen-bond donors (Lipinski definition) is 1. The molecule has 7 heteroatoms. The maximum Gasteiger partial charge on any atom is 0.338 e. The summed E-state index contributed by atoms with van der Waals surface area (Å²) in [5.74, 6) is -0.832. The molecule has 0 aliphatic heterocycles. The van der Waals surface area contributed by atoms with E-state index in [9.17, 15) is 9.59 Å². The van der Waals surface area contributed by atoms with Crippen LogP contribution in [0.5, 0.6) is 0 Å². The highest BCUT2D eigenvalue weighted by molar-refractivity contribution is 5.92. The van der Waals surface area contributed by atoms with E-state index in [1.807, 2.05) is 18.2 Å². The van der Waals surface area contributed by atoms with Crippen molar-refractivity contribution >= 4 is 11.9 Å². The first-order chi connectivity index (χ1) is 14.1. The molecule has 1 aromatic heterocycles. The lowest BCUT2D eigenvalue weighted by atomic mass is 9.87. The van der Waals surface area contributed by atoms with Crippen LogP contribution in [-0.4, -0.2) is 32.7 Å². The molecule has 7 nitrogen and oxygen atoms in total. The van der Waals surface area contributed by atoms with E-state index in [1.54, 1.807) is 42.2 Å². The average Bonchev–Trinajstić information content (AvgIpc) is 3.29. The van der Waals surface area contributed by atoms with Crippen molar-refractivity contribution in [3.05, 3.63) is 77.9 Å². The third-order valence-corrected chi connectivity index (χ3v) is 5.13. The normalized spacial score (nSPS) is 16.5. The Morgan fingerprint density at radius 2 is 1.97 bits per heavy atom. The predicted molar refractivity (Wildman–Crippen MR) is 107 cm³/mol. The molecule has 1 aliphatic rings. The number of amides is 1. The molecule has 0 bridgehead atoms. The second kappa shape index (κ2) is 8.26. The summed E-state index contributed by atoms with van der Waals surface area (Å²) in [4.78, 5) is 28.9. The van der Waals surface area contributed by atoms with Gasteiger partial charge < -0.3 is 10.1 Å². The zero-order chi connectivity index (χ0) is 20.2. The largest absolute Gasteiger partial charge is 0.449 e. The number of benzene rings is 2. The summed E-state index contributed by atoms with van der Waals surface area (Å²) in [5.41, 5.74) is 3.56. The summed E-state index contributed by atoms with van der Waals surface area (Å²) in [6.07, 6.45) is 5.06. The number of carbonyl (C=O) groups is 2. The minimum Gasteiger partial charge on any atom is -0.449 e. The van der Waals surface area contributed by atoms with E-state index in [4.69, 9.17) is 4.74 Å². The smallest absolute Gasteiger partial charge is 0.338 e. The van der Waals surface area contributed by atoms with Gasteiger partial charge in [-0.05, 0) is 61.6 Å². The molecule has 0 fully saturated rings. The van der Waals surface area contributed by atoms with Gasteiger partial charge >= 0.3 is 5.97 Å². The predicted octanol–water partition coefficient (Wildman–Crippen LogP) is 3.01. The topological polar surface area (TPSA) is 86.1 Å². The van der Waals surface area contributed by atoms with E-state index in [-0.39, 0.29) is 11.9 Å². The van der Waals surface area contributed by atoms with E-state index in [0.29, 0.717) is 5.56 Å². The summed E-state index contributed by atoms with van der Waals surface area (Å²) < 4.78 is 6.96. The highest BCUT2D eigenvalue weighted by Gasteiger charge is 2.25. The van der Waals surface area contributed by atoms with Crippen molar-refractivity contribution in [2.45, 2.75) is 38.3 Å². The van der Waals surface area contributed by atoms with Crippen molar-refractivity contribution in [3.8, 4) is 5.69 Å². The first-order valence-electron chi connectivity index (χ1n) is 9.66. The molecule has 1 heterocycles. The third-order valence-electron chi connectivity index (χ3n) is 5.13. The van der Waals surface area contributed by atoms with Crippen molar-refractivity contribution in [1.29, 1.82) is 0 Å². The first-order valence-corrected chi connectivity index (χ1v) is 9.66. The van der Waals surface area contributed by atoms with Crippen molar-refractivity contribution in [2.75, 3.05) is 0 Å². The maximum absolute atomic E-state index is 12.6. The molecule has 0 radical (unpaired) electrons. The lowest BCUT2D eigenvalue weighted by Crippen LogP contribution is -2.39. The highest BCUT2D eigenvalue weighted by atomic mass is 16.5. The second-order valence-corrected chi connectivity index (χ2v) is 7.09. The Kier molecular flexibility index (Phi) is 5.37. The van der Waals surface area contributed by atoms with Gasteiger partial charge in [-0.3, -0.25) is 4.79 Å². The van der Waals surface area contributed by atoms with Gasteiger partial charge in [0.2, 0.25) is 0 Å². The van der Waals surface area contributed by atoms with Gasteiger partial charge in [-0.1, -0.05) is 24.3 Å². The quantitative estimate of drug-likeness (QED) is 0.677. The summed E-state index contributed by atoms with van der Waals surface area (Å²) in [6, 6.07) is 14.9. The second-order valence-electron chi connectivity index (χ2n) is 7.09. The molecule has 1 N–H and O–H groups in total. The van der Waals surface area contributed by atoms with Crippen LogP contribution in [0.3, 0.4) is 0 Å². The number of nitrogens with one attached hydrogen (secondary N) is 1.